The fourth-order valence-corrected chi connectivity index (χ4v) is 5.09. The summed E-state index contributed by atoms with van der Waals surface area (Å²) in [5.74, 6) is 0.0682. The minimum absolute atomic E-state index is 0. The maximum Gasteiger partial charge on any atom is 0.414 e. The third-order valence-corrected chi connectivity index (χ3v) is 6.80. The molecular formula is C24H24ClFN4O3. The molecule has 172 valence electrons. The quantitative estimate of drug-likeness (QED) is 0.657. The predicted octanol–water partition coefficient (Wildman–Crippen LogP) is 3.34. The van der Waals surface area contributed by atoms with Crippen molar-refractivity contribution in [1.82, 2.24) is 10.6 Å². The number of nitrogens with one attached hydrogen (secondary N) is 2. The van der Waals surface area contributed by atoms with Crippen LogP contribution in [0.2, 0.25) is 0 Å². The number of piperidine rings is 1. The zero-order valence-corrected chi connectivity index (χ0v) is 18.8. The first-order chi connectivity index (χ1) is 15.4. The number of amides is 2. The van der Waals surface area contributed by atoms with Crippen LogP contribution in [0, 0.1) is 24.2 Å². The van der Waals surface area contributed by atoms with Crippen molar-refractivity contribution in [3.05, 3.63) is 65.3 Å². The maximum atomic E-state index is 15.0. The first-order valence-corrected chi connectivity index (χ1v) is 10.7. The minimum atomic E-state index is -0.564. The van der Waals surface area contributed by atoms with Gasteiger partial charge in [0.2, 0.25) is 5.91 Å². The Bertz CT molecular complexity index is 1120. The lowest BCUT2D eigenvalue weighted by Gasteiger charge is -2.15. The molecule has 0 spiro atoms. The highest BCUT2D eigenvalue weighted by Gasteiger charge is 2.75. The van der Waals surface area contributed by atoms with Crippen LogP contribution in [0.25, 0.3) is 16.0 Å². The lowest BCUT2D eigenvalue weighted by molar-refractivity contribution is -0.119. The highest BCUT2D eigenvalue weighted by atomic mass is 35.5. The molecule has 2 aromatic rings. The molecular weight excluding hydrogens is 447 g/mol. The van der Waals surface area contributed by atoms with E-state index in [1.165, 1.54) is 17.9 Å². The molecule has 4 atom stereocenters. The van der Waals surface area contributed by atoms with Crippen molar-refractivity contribution in [2.24, 2.45) is 11.8 Å². The van der Waals surface area contributed by atoms with Crippen molar-refractivity contribution < 1.29 is 18.7 Å². The number of benzene rings is 2. The lowest BCUT2D eigenvalue weighted by atomic mass is 9.96. The summed E-state index contributed by atoms with van der Waals surface area (Å²) in [7, 11) is 0. The fourth-order valence-electron chi connectivity index (χ4n) is 5.09. The topological polar surface area (TPSA) is 75.0 Å². The molecule has 1 saturated carbocycles. The van der Waals surface area contributed by atoms with Crippen LogP contribution in [0.4, 0.5) is 14.9 Å². The van der Waals surface area contributed by atoms with Crippen LogP contribution >= 0.6 is 12.4 Å². The molecule has 33 heavy (non-hydrogen) atoms. The zero-order chi connectivity index (χ0) is 22.5. The molecule has 5 rings (SSSR count). The van der Waals surface area contributed by atoms with E-state index >= 15 is 0 Å². The van der Waals surface area contributed by atoms with Gasteiger partial charge in [0.05, 0.1) is 30.6 Å². The number of rotatable bonds is 5. The second-order valence-electron chi connectivity index (χ2n) is 8.60. The Kier molecular flexibility index (Phi) is 6.04. The summed E-state index contributed by atoms with van der Waals surface area (Å²) in [6, 6.07) is 12.2. The Morgan fingerprint density at radius 2 is 1.97 bits per heavy atom. The van der Waals surface area contributed by atoms with E-state index in [2.05, 4.69) is 15.5 Å². The van der Waals surface area contributed by atoms with E-state index in [9.17, 15) is 14.0 Å². The van der Waals surface area contributed by atoms with Crippen LogP contribution in [-0.4, -0.2) is 44.3 Å². The first-order valence-electron chi connectivity index (χ1n) is 10.7. The molecule has 1 unspecified atom stereocenters. The van der Waals surface area contributed by atoms with Crippen LogP contribution in [0.15, 0.2) is 42.5 Å². The predicted molar refractivity (Wildman–Crippen MR) is 124 cm³/mol. The second kappa shape index (κ2) is 8.65. The molecule has 2 aromatic carbocycles. The number of carbonyl (C=O) groups is 2. The smallest absolute Gasteiger partial charge is 0.414 e. The Hall–Kier alpha value is -3.15. The fraction of sp³-hybridized carbons (Fsp3) is 0.375. The van der Waals surface area contributed by atoms with Gasteiger partial charge in [0.1, 0.15) is 11.9 Å². The van der Waals surface area contributed by atoms with E-state index in [1.54, 1.807) is 12.1 Å². The van der Waals surface area contributed by atoms with Crippen molar-refractivity contribution in [1.29, 1.82) is 0 Å². The maximum absolute atomic E-state index is 15.0. The molecule has 0 bridgehead atoms. The van der Waals surface area contributed by atoms with Gasteiger partial charge in [-0.05, 0) is 23.8 Å². The number of ether oxygens (including phenoxy) is 1. The van der Waals surface area contributed by atoms with Crippen LogP contribution in [-0.2, 0) is 15.1 Å². The van der Waals surface area contributed by atoms with Gasteiger partial charge in [-0.3, -0.25) is 9.69 Å². The van der Waals surface area contributed by atoms with Crippen molar-refractivity contribution >= 4 is 30.1 Å². The van der Waals surface area contributed by atoms with Gasteiger partial charge in [-0.15, -0.1) is 12.4 Å². The minimum Gasteiger partial charge on any atom is -0.442 e. The third-order valence-electron chi connectivity index (χ3n) is 6.80. The van der Waals surface area contributed by atoms with Crippen molar-refractivity contribution in [2.75, 3.05) is 31.1 Å². The lowest BCUT2D eigenvalue weighted by Crippen LogP contribution is -2.33. The van der Waals surface area contributed by atoms with Gasteiger partial charge >= 0.3 is 6.09 Å². The summed E-state index contributed by atoms with van der Waals surface area (Å²) in [6.45, 7) is 11.3. The number of carbonyl (C=O) groups excluding carboxylic acids is 2. The van der Waals surface area contributed by atoms with Gasteiger partial charge < -0.3 is 20.2 Å². The number of nitrogens with zero attached hydrogens (tertiary/aromatic N) is 2. The van der Waals surface area contributed by atoms with E-state index in [4.69, 9.17) is 11.3 Å². The van der Waals surface area contributed by atoms with Crippen molar-refractivity contribution in [2.45, 2.75) is 18.6 Å². The van der Waals surface area contributed by atoms with Crippen molar-refractivity contribution in [3.8, 4) is 11.1 Å². The summed E-state index contributed by atoms with van der Waals surface area (Å²) >= 11 is 0. The van der Waals surface area contributed by atoms with Gasteiger partial charge in [0.15, 0.2) is 0 Å². The standard InChI is InChI=1S/C24H23FN4O3.ClH/c1-14(30)28-10-18-13-29(23(31)32-18)17-7-8-19(22(25)9-17)15-3-5-16(6-4-15)24(26-2)20-11-27-12-21(20)24;/h3-9,18,20-21,27H,10-13H2,1H3,(H,28,30);1H/t18-,20-,21+,24?;/m0./s1. The molecule has 3 fully saturated rings. The number of cyclic esters (lactones) is 1. The van der Waals surface area contributed by atoms with Crippen LogP contribution < -0.4 is 15.5 Å². The summed E-state index contributed by atoms with van der Waals surface area (Å²) < 4.78 is 20.2. The zero-order valence-electron chi connectivity index (χ0n) is 18.0. The van der Waals surface area contributed by atoms with Gasteiger partial charge in [0.25, 0.3) is 5.54 Å². The average Bonchev–Trinajstić information content (AvgIpc) is 3.09. The van der Waals surface area contributed by atoms with E-state index in [0.29, 0.717) is 23.1 Å². The largest absolute Gasteiger partial charge is 0.442 e. The molecule has 2 N–H and O–H groups in total. The van der Waals surface area contributed by atoms with E-state index in [1.807, 2.05) is 24.3 Å². The van der Waals surface area contributed by atoms with Crippen LogP contribution in [0.1, 0.15) is 12.5 Å². The molecule has 2 saturated heterocycles. The Morgan fingerprint density at radius 3 is 2.58 bits per heavy atom. The van der Waals surface area contributed by atoms with E-state index in [0.717, 1.165) is 24.2 Å². The molecule has 0 aromatic heterocycles. The summed E-state index contributed by atoms with van der Waals surface area (Å²) in [4.78, 5) is 28.6. The van der Waals surface area contributed by atoms with Gasteiger partial charge in [-0.1, -0.05) is 24.3 Å². The Balaban J connectivity index is 0.00000259. The molecule has 7 nitrogen and oxygen atoms in total. The molecule has 2 amide bonds. The Morgan fingerprint density at radius 1 is 1.27 bits per heavy atom. The second-order valence-corrected chi connectivity index (χ2v) is 8.60. The van der Waals surface area contributed by atoms with E-state index < -0.39 is 23.6 Å². The van der Waals surface area contributed by atoms with Crippen LogP contribution in [0.3, 0.4) is 0 Å². The summed E-state index contributed by atoms with van der Waals surface area (Å²) in [5.41, 5.74) is 2.11. The molecule has 3 aliphatic rings. The number of fused-ring (bicyclic) bond motifs is 1. The molecule has 1 aliphatic carbocycles. The third kappa shape index (κ3) is 3.81. The number of hydrogen-bond donors (Lipinski definition) is 2. The SMILES string of the molecule is Cl.[C-]#[N+]C1(c2ccc(-c3ccc(N4C[C@H](CNC(C)=O)OC4=O)cc3F)cc2)[C@@H]2CNC[C@@H]21. The van der Waals surface area contributed by atoms with Gasteiger partial charge in [-0.25, -0.2) is 15.8 Å². The highest BCUT2D eigenvalue weighted by Crippen LogP contribution is 2.62. The van der Waals surface area contributed by atoms with Gasteiger partial charge in [0, 0.05) is 31.1 Å². The monoisotopic (exact) mass is 470 g/mol. The van der Waals surface area contributed by atoms with Crippen LogP contribution in [0.5, 0.6) is 0 Å². The number of hydrogen-bond acceptors (Lipinski definition) is 4. The van der Waals surface area contributed by atoms with Gasteiger partial charge in [-0.2, -0.15) is 0 Å². The molecule has 0 radical (unpaired) electrons. The van der Waals surface area contributed by atoms with E-state index in [-0.39, 0.29) is 31.4 Å². The molecule has 2 aliphatic heterocycles. The van der Waals surface area contributed by atoms with Crippen molar-refractivity contribution in [3.63, 3.8) is 0 Å². The average molecular weight is 471 g/mol. The summed E-state index contributed by atoms with van der Waals surface area (Å²) in [5, 5.41) is 5.94. The molecule has 2 heterocycles. The Labute approximate surface area is 197 Å². The number of anilines is 1. The molecule has 9 heteroatoms. The first kappa shape index (κ1) is 23.0. The number of halogens is 2. The summed E-state index contributed by atoms with van der Waals surface area (Å²) in [6.07, 6.45) is -1.04. The normalized spacial score (nSPS) is 27.2. The highest BCUT2D eigenvalue weighted by molar-refractivity contribution is 5.90.